The summed E-state index contributed by atoms with van der Waals surface area (Å²) in [5, 5.41) is 8.23. The molecule has 0 aromatic carbocycles. The van der Waals surface area contributed by atoms with E-state index in [1.807, 2.05) is 6.92 Å². The van der Waals surface area contributed by atoms with E-state index in [0.717, 1.165) is 0 Å². The van der Waals surface area contributed by atoms with Gasteiger partial charge in [-0.2, -0.15) is 0 Å². The zero-order chi connectivity index (χ0) is 10.3. The van der Waals surface area contributed by atoms with Gasteiger partial charge >= 0.3 is 5.97 Å². The average Bonchev–Trinajstić information content (AvgIpc) is 1.96. The third-order valence-corrected chi connectivity index (χ3v) is 1.27. The molecule has 76 valence electrons. The summed E-state index contributed by atoms with van der Waals surface area (Å²) in [6.07, 6.45) is 0.602. The lowest BCUT2D eigenvalue weighted by Gasteiger charge is -2.05. The molecule has 0 spiro atoms. The number of carbonyl (C=O) groups is 1. The molecule has 0 bridgehead atoms. The fourth-order valence-electron chi connectivity index (χ4n) is 0.732. The molecule has 0 aliphatic heterocycles. The van der Waals surface area contributed by atoms with Crippen molar-refractivity contribution in [2.24, 2.45) is 16.5 Å². The smallest absolute Gasteiger partial charge is 0.329 e. The molecule has 0 amide bonds. The van der Waals surface area contributed by atoms with Crippen LogP contribution in [-0.2, 0) is 9.53 Å². The van der Waals surface area contributed by atoms with Crippen LogP contribution in [0.5, 0.6) is 0 Å². The fourth-order valence-corrected chi connectivity index (χ4v) is 0.732. The predicted octanol–water partition coefficient (Wildman–Crippen LogP) is -0.860. The normalized spacial score (nSPS) is 12.1. The van der Waals surface area contributed by atoms with Gasteiger partial charge in [0, 0.05) is 6.61 Å². The molecular weight excluding hydrogens is 174 g/mol. The number of nitrogens with zero attached hydrogens (tertiary/aromatic N) is 1. The number of nitrogens with two attached hydrogens (primary N) is 2. The molecule has 0 aliphatic rings. The van der Waals surface area contributed by atoms with E-state index < -0.39 is 5.97 Å². The maximum atomic E-state index is 10.0. The molecule has 0 saturated carbocycles. The quantitative estimate of drug-likeness (QED) is 0.286. The summed E-state index contributed by atoms with van der Waals surface area (Å²) in [7, 11) is 0. The Morgan fingerprint density at radius 1 is 1.62 bits per heavy atom. The Bertz CT molecular complexity index is 189. The topological polar surface area (TPSA) is 111 Å². The summed E-state index contributed by atoms with van der Waals surface area (Å²) >= 11 is 0. The largest absolute Gasteiger partial charge is 0.480 e. The van der Waals surface area contributed by atoms with Gasteiger partial charge in [0.15, 0.2) is 5.96 Å². The summed E-state index contributed by atoms with van der Waals surface area (Å²) in [6.45, 7) is 1.88. The van der Waals surface area contributed by atoms with Crippen LogP contribution in [0.15, 0.2) is 4.99 Å². The van der Waals surface area contributed by atoms with Crippen LogP contribution in [-0.4, -0.2) is 36.3 Å². The van der Waals surface area contributed by atoms with E-state index in [0.29, 0.717) is 13.0 Å². The second kappa shape index (κ2) is 6.24. The number of rotatable bonds is 6. The first-order chi connectivity index (χ1) is 6.02. The Kier molecular flexibility index (Phi) is 5.62. The molecule has 0 saturated heterocycles. The maximum absolute atomic E-state index is 10.0. The van der Waals surface area contributed by atoms with Gasteiger partial charge in [0.2, 0.25) is 0 Å². The number of aliphatic imine (C=N–C) groups is 1. The predicted molar refractivity (Wildman–Crippen MR) is 48.3 cm³/mol. The number of hydrogen-bond donors (Lipinski definition) is 3. The minimum atomic E-state index is -0.977. The van der Waals surface area contributed by atoms with Crippen molar-refractivity contribution in [3.8, 4) is 0 Å². The lowest BCUT2D eigenvalue weighted by atomic mass is 10.3. The molecule has 6 heteroatoms. The highest BCUT2D eigenvalue weighted by atomic mass is 16.5. The van der Waals surface area contributed by atoms with Crippen molar-refractivity contribution in [3.05, 3.63) is 0 Å². The lowest BCUT2D eigenvalue weighted by Crippen LogP contribution is -2.25. The third-order valence-electron chi connectivity index (χ3n) is 1.27. The van der Waals surface area contributed by atoms with Crippen molar-refractivity contribution in [1.82, 2.24) is 0 Å². The monoisotopic (exact) mass is 189 g/mol. The van der Waals surface area contributed by atoms with Gasteiger partial charge in [-0.15, -0.1) is 0 Å². The summed E-state index contributed by atoms with van der Waals surface area (Å²) < 4.78 is 4.80. The molecule has 1 unspecified atom stereocenters. The second-order valence-corrected chi connectivity index (χ2v) is 2.64. The highest BCUT2D eigenvalue weighted by Gasteiger charge is 2.01. The molecule has 0 heterocycles. The lowest BCUT2D eigenvalue weighted by molar-refractivity contribution is -0.142. The molecular formula is C7H15N3O3. The zero-order valence-corrected chi connectivity index (χ0v) is 7.56. The maximum Gasteiger partial charge on any atom is 0.329 e. The van der Waals surface area contributed by atoms with Gasteiger partial charge in [-0.1, -0.05) is 0 Å². The Balaban J connectivity index is 3.43. The first-order valence-electron chi connectivity index (χ1n) is 3.90. The molecule has 6 nitrogen and oxygen atoms in total. The summed E-state index contributed by atoms with van der Waals surface area (Å²) in [6, 6.07) is -0.0428. The van der Waals surface area contributed by atoms with E-state index in [1.165, 1.54) is 0 Å². The van der Waals surface area contributed by atoms with Gasteiger partial charge in [0.25, 0.3) is 0 Å². The van der Waals surface area contributed by atoms with E-state index in [4.69, 9.17) is 21.3 Å². The van der Waals surface area contributed by atoms with Gasteiger partial charge in [-0.25, -0.2) is 4.79 Å². The molecule has 0 aliphatic carbocycles. The minimum Gasteiger partial charge on any atom is -0.480 e. The highest BCUT2D eigenvalue weighted by molar-refractivity contribution is 5.75. The van der Waals surface area contributed by atoms with Gasteiger partial charge in [-0.3, -0.25) is 4.99 Å². The molecule has 0 aromatic rings. The number of carboxylic acids is 1. The van der Waals surface area contributed by atoms with Crippen molar-refractivity contribution in [2.45, 2.75) is 19.4 Å². The van der Waals surface area contributed by atoms with Crippen molar-refractivity contribution in [1.29, 1.82) is 0 Å². The molecule has 0 rings (SSSR count). The highest BCUT2D eigenvalue weighted by Crippen LogP contribution is 1.96. The average molecular weight is 189 g/mol. The Morgan fingerprint density at radius 3 is 2.69 bits per heavy atom. The van der Waals surface area contributed by atoms with E-state index in [2.05, 4.69) is 4.99 Å². The number of carboxylic acid groups (broad SMARTS) is 1. The Morgan fingerprint density at radius 2 is 2.23 bits per heavy atom. The third kappa shape index (κ3) is 8.61. The van der Waals surface area contributed by atoms with E-state index in [1.54, 1.807) is 0 Å². The second-order valence-electron chi connectivity index (χ2n) is 2.64. The number of guanidine groups is 1. The van der Waals surface area contributed by atoms with Crippen LogP contribution < -0.4 is 11.5 Å². The molecule has 5 N–H and O–H groups in total. The van der Waals surface area contributed by atoms with Crippen LogP contribution in [0.4, 0.5) is 0 Å². The van der Waals surface area contributed by atoms with Crippen LogP contribution >= 0.6 is 0 Å². The van der Waals surface area contributed by atoms with E-state index in [-0.39, 0.29) is 18.6 Å². The van der Waals surface area contributed by atoms with Crippen molar-refractivity contribution >= 4 is 11.9 Å². The molecule has 0 fully saturated rings. The zero-order valence-electron chi connectivity index (χ0n) is 7.56. The first kappa shape index (κ1) is 11.7. The summed E-state index contributed by atoms with van der Waals surface area (Å²) in [5.74, 6) is -0.944. The molecule has 0 radical (unpaired) electrons. The Hall–Kier alpha value is -1.30. The Labute approximate surface area is 76.6 Å². The van der Waals surface area contributed by atoms with Gasteiger partial charge in [0.05, 0.1) is 6.04 Å². The standard InChI is InChI=1S/C7H15N3O3/c1-5(10-7(8)9)2-3-13-4-6(11)12/h5H,2-4H2,1H3,(H,11,12)(H4,8,9,10). The minimum absolute atomic E-state index is 0.0331. The summed E-state index contributed by atoms with van der Waals surface area (Å²) in [4.78, 5) is 13.9. The SMILES string of the molecule is CC(CCOCC(=O)O)N=C(N)N. The number of aliphatic carboxylic acids is 1. The molecule has 0 aromatic heterocycles. The van der Waals surface area contributed by atoms with Gasteiger partial charge in [0.1, 0.15) is 6.61 Å². The van der Waals surface area contributed by atoms with Crippen molar-refractivity contribution in [2.75, 3.05) is 13.2 Å². The van der Waals surface area contributed by atoms with Crippen molar-refractivity contribution < 1.29 is 14.6 Å². The number of hydrogen-bond acceptors (Lipinski definition) is 3. The van der Waals surface area contributed by atoms with Crippen LogP contribution in [0.2, 0.25) is 0 Å². The fraction of sp³-hybridized carbons (Fsp3) is 0.714. The van der Waals surface area contributed by atoms with Crippen molar-refractivity contribution in [3.63, 3.8) is 0 Å². The van der Waals surface area contributed by atoms with Gasteiger partial charge in [-0.05, 0) is 13.3 Å². The molecule has 13 heavy (non-hydrogen) atoms. The van der Waals surface area contributed by atoms with Gasteiger partial charge < -0.3 is 21.3 Å². The van der Waals surface area contributed by atoms with E-state index in [9.17, 15) is 4.79 Å². The summed E-state index contributed by atoms with van der Waals surface area (Å²) in [5.41, 5.74) is 10.3. The molecule has 1 atom stereocenters. The number of ether oxygens (including phenoxy) is 1. The van der Waals surface area contributed by atoms with E-state index >= 15 is 0 Å². The first-order valence-corrected chi connectivity index (χ1v) is 3.90. The van der Waals surface area contributed by atoms with Crippen LogP contribution in [0, 0.1) is 0 Å². The van der Waals surface area contributed by atoms with Crippen LogP contribution in [0.25, 0.3) is 0 Å². The van der Waals surface area contributed by atoms with Crippen LogP contribution in [0.1, 0.15) is 13.3 Å². The van der Waals surface area contributed by atoms with Crippen LogP contribution in [0.3, 0.4) is 0 Å².